The number of nitrogens with one attached hydrogen (secondary N) is 2. The molecule has 1 atom stereocenters. The Morgan fingerprint density at radius 2 is 2.07 bits per heavy atom. The molecule has 1 unspecified atom stereocenters. The molecule has 4 N–H and O–H groups in total. The van der Waals surface area contributed by atoms with Gasteiger partial charge in [0.05, 0.1) is 18.7 Å². The standard InChI is InChI=1S/C19H21ClFN5O2/c1-3-11(8-21)13-14-16(22)25-18(26-17(14)24-15(13)20)19(27)23-12-6-4-10(5-7-12)9-28-2/h4-7,11H,3,8-9H2,1-2H3,(H,23,27)(H3,22,24,25,26). The summed E-state index contributed by atoms with van der Waals surface area (Å²) in [5.74, 6) is -0.963. The predicted octanol–water partition coefficient (Wildman–Crippen LogP) is 4.06. The Balaban J connectivity index is 1.90. The third kappa shape index (κ3) is 3.93. The number of halogens is 2. The number of ether oxygens (including phenoxy) is 1. The summed E-state index contributed by atoms with van der Waals surface area (Å²) in [5, 5.41) is 3.43. The van der Waals surface area contributed by atoms with Gasteiger partial charge in [0, 0.05) is 24.3 Å². The molecule has 0 fully saturated rings. The van der Waals surface area contributed by atoms with Crippen LogP contribution in [0.25, 0.3) is 11.0 Å². The second kappa shape index (κ2) is 8.53. The third-order valence-corrected chi connectivity index (χ3v) is 4.78. The lowest BCUT2D eigenvalue weighted by molar-refractivity contribution is 0.101. The first-order chi connectivity index (χ1) is 13.5. The van der Waals surface area contributed by atoms with Crippen molar-refractivity contribution in [2.45, 2.75) is 25.9 Å². The Kier molecular flexibility index (Phi) is 6.11. The van der Waals surface area contributed by atoms with Crippen LogP contribution in [0.3, 0.4) is 0 Å². The first-order valence-corrected chi connectivity index (χ1v) is 9.16. The number of hydrogen-bond donors (Lipinski definition) is 3. The summed E-state index contributed by atoms with van der Waals surface area (Å²) in [6.45, 7) is 1.76. The van der Waals surface area contributed by atoms with E-state index in [1.54, 1.807) is 19.2 Å². The van der Waals surface area contributed by atoms with Crippen LogP contribution in [0.15, 0.2) is 24.3 Å². The van der Waals surface area contributed by atoms with E-state index in [1.165, 1.54) is 0 Å². The highest BCUT2D eigenvalue weighted by atomic mass is 35.5. The molecule has 1 aromatic carbocycles. The lowest BCUT2D eigenvalue weighted by Gasteiger charge is -2.11. The lowest BCUT2D eigenvalue weighted by atomic mass is 9.98. The minimum Gasteiger partial charge on any atom is -0.383 e. The van der Waals surface area contributed by atoms with Crippen molar-refractivity contribution in [2.75, 3.05) is 24.8 Å². The number of hydrogen-bond acceptors (Lipinski definition) is 5. The number of rotatable bonds is 7. The molecule has 3 aromatic rings. The van der Waals surface area contributed by atoms with Crippen molar-refractivity contribution in [3.05, 3.63) is 46.4 Å². The molecule has 0 aliphatic heterocycles. The van der Waals surface area contributed by atoms with Gasteiger partial charge in [0.1, 0.15) is 16.6 Å². The summed E-state index contributed by atoms with van der Waals surface area (Å²) < 4.78 is 18.4. The van der Waals surface area contributed by atoms with E-state index < -0.39 is 18.5 Å². The highest BCUT2D eigenvalue weighted by molar-refractivity contribution is 6.32. The van der Waals surface area contributed by atoms with E-state index in [1.807, 2.05) is 19.1 Å². The zero-order chi connectivity index (χ0) is 20.3. The van der Waals surface area contributed by atoms with Crippen LogP contribution in [-0.2, 0) is 11.3 Å². The van der Waals surface area contributed by atoms with Crippen LogP contribution in [0.2, 0.25) is 5.15 Å². The summed E-state index contributed by atoms with van der Waals surface area (Å²) in [7, 11) is 1.61. The number of alkyl halides is 1. The Hall–Kier alpha value is -2.71. The number of nitrogens with two attached hydrogens (primary N) is 1. The topological polar surface area (TPSA) is 106 Å². The quantitative estimate of drug-likeness (QED) is 0.549. The molecular formula is C19H21ClFN5O2. The molecule has 0 aliphatic carbocycles. The number of carbonyl (C=O) groups is 1. The molecular weight excluding hydrogens is 385 g/mol. The molecule has 148 valence electrons. The Morgan fingerprint density at radius 3 is 2.68 bits per heavy atom. The maximum atomic E-state index is 13.4. The monoisotopic (exact) mass is 405 g/mol. The average molecular weight is 406 g/mol. The van der Waals surface area contributed by atoms with E-state index in [0.29, 0.717) is 35.3 Å². The van der Waals surface area contributed by atoms with E-state index in [4.69, 9.17) is 22.1 Å². The van der Waals surface area contributed by atoms with Gasteiger partial charge in [-0.15, -0.1) is 0 Å². The maximum Gasteiger partial charge on any atom is 0.293 e. The molecule has 0 saturated heterocycles. The van der Waals surface area contributed by atoms with Crippen LogP contribution >= 0.6 is 11.6 Å². The molecule has 0 spiro atoms. The minimum absolute atomic E-state index is 0.0793. The number of H-pyrrole nitrogens is 1. The number of nitrogens with zero attached hydrogens (tertiary/aromatic N) is 2. The fourth-order valence-corrected chi connectivity index (χ4v) is 3.37. The van der Waals surface area contributed by atoms with Gasteiger partial charge in [-0.3, -0.25) is 9.18 Å². The number of aromatic nitrogens is 3. The highest BCUT2D eigenvalue weighted by Crippen LogP contribution is 2.36. The van der Waals surface area contributed by atoms with Gasteiger partial charge in [0.15, 0.2) is 0 Å². The number of nitrogen functional groups attached to an aromatic ring is 1. The van der Waals surface area contributed by atoms with E-state index in [9.17, 15) is 9.18 Å². The largest absolute Gasteiger partial charge is 0.383 e. The molecule has 2 heterocycles. The van der Waals surface area contributed by atoms with Crippen LogP contribution in [0.4, 0.5) is 15.9 Å². The molecule has 0 aliphatic rings. The Bertz CT molecular complexity index is 986. The molecule has 28 heavy (non-hydrogen) atoms. The fourth-order valence-electron chi connectivity index (χ4n) is 3.03. The van der Waals surface area contributed by atoms with Crippen LogP contribution in [0.5, 0.6) is 0 Å². The molecule has 9 heteroatoms. The minimum atomic E-state index is -0.579. The summed E-state index contributed by atoms with van der Waals surface area (Å²) in [5.41, 5.74) is 8.47. The first-order valence-electron chi connectivity index (χ1n) is 8.78. The van der Waals surface area contributed by atoms with Crippen molar-refractivity contribution in [1.82, 2.24) is 15.0 Å². The van der Waals surface area contributed by atoms with E-state index >= 15 is 0 Å². The number of aromatic amines is 1. The van der Waals surface area contributed by atoms with Gasteiger partial charge in [-0.1, -0.05) is 30.7 Å². The van der Waals surface area contributed by atoms with Crippen LogP contribution in [0, 0.1) is 0 Å². The Labute approximate surface area is 166 Å². The number of benzene rings is 1. The van der Waals surface area contributed by atoms with Crippen LogP contribution in [-0.4, -0.2) is 34.6 Å². The fraction of sp³-hybridized carbons (Fsp3) is 0.316. The van der Waals surface area contributed by atoms with Crippen LogP contribution < -0.4 is 11.1 Å². The molecule has 0 saturated carbocycles. The van der Waals surface area contributed by atoms with Gasteiger partial charge in [-0.2, -0.15) is 0 Å². The predicted molar refractivity (Wildman–Crippen MR) is 107 cm³/mol. The van der Waals surface area contributed by atoms with E-state index in [-0.39, 0.29) is 16.8 Å². The second-order valence-corrected chi connectivity index (χ2v) is 6.73. The second-order valence-electron chi connectivity index (χ2n) is 6.35. The first kappa shape index (κ1) is 20.0. The van der Waals surface area contributed by atoms with Gasteiger partial charge in [-0.25, -0.2) is 9.97 Å². The Morgan fingerprint density at radius 1 is 1.36 bits per heavy atom. The van der Waals surface area contributed by atoms with Crippen molar-refractivity contribution in [1.29, 1.82) is 0 Å². The number of methoxy groups -OCH3 is 1. The van der Waals surface area contributed by atoms with Crippen molar-refractivity contribution < 1.29 is 13.9 Å². The number of fused-ring (bicyclic) bond motifs is 1. The highest BCUT2D eigenvalue weighted by Gasteiger charge is 2.24. The SMILES string of the molecule is CCC(CF)c1c(Cl)[nH]c2nc(C(=O)Nc3ccc(COC)cc3)nc(N)c12. The van der Waals surface area contributed by atoms with Gasteiger partial charge in [0.25, 0.3) is 5.91 Å². The van der Waals surface area contributed by atoms with Gasteiger partial charge in [-0.05, 0) is 24.1 Å². The molecule has 0 radical (unpaired) electrons. The zero-order valence-electron chi connectivity index (χ0n) is 15.6. The summed E-state index contributed by atoms with van der Waals surface area (Å²) in [6.07, 6.45) is 0.546. The summed E-state index contributed by atoms with van der Waals surface area (Å²) >= 11 is 6.24. The van der Waals surface area contributed by atoms with Gasteiger partial charge < -0.3 is 20.8 Å². The maximum absolute atomic E-state index is 13.4. The number of anilines is 2. The lowest BCUT2D eigenvalue weighted by Crippen LogP contribution is -2.17. The summed E-state index contributed by atoms with van der Waals surface area (Å²) in [6, 6.07) is 7.20. The molecule has 0 bridgehead atoms. The molecule has 2 aromatic heterocycles. The number of carbonyl (C=O) groups excluding carboxylic acids is 1. The molecule has 7 nitrogen and oxygen atoms in total. The molecule has 3 rings (SSSR count). The normalized spacial score (nSPS) is 12.3. The van der Waals surface area contributed by atoms with Gasteiger partial charge >= 0.3 is 0 Å². The molecule has 1 amide bonds. The number of amides is 1. The average Bonchev–Trinajstić information content (AvgIpc) is 3.01. The van der Waals surface area contributed by atoms with Crippen molar-refractivity contribution in [3.8, 4) is 0 Å². The third-order valence-electron chi connectivity index (χ3n) is 4.48. The van der Waals surface area contributed by atoms with Crippen molar-refractivity contribution in [3.63, 3.8) is 0 Å². The van der Waals surface area contributed by atoms with E-state index in [0.717, 1.165) is 5.56 Å². The van der Waals surface area contributed by atoms with Crippen LogP contribution in [0.1, 0.15) is 41.0 Å². The van der Waals surface area contributed by atoms with Crippen molar-refractivity contribution >= 4 is 40.0 Å². The smallest absolute Gasteiger partial charge is 0.293 e. The zero-order valence-corrected chi connectivity index (χ0v) is 16.3. The van der Waals surface area contributed by atoms with Crippen molar-refractivity contribution in [2.24, 2.45) is 0 Å². The van der Waals surface area contributed by atoms with Gasteiger partial charge in [0.2, 0.25) is 5.82 Å². The summed E-state index contributed by atoms with van der Waals surface area (Å²) in [4.78, 5) is 23.7. The van der Waals surface area contributed by atoms with E-state index in [2.05, 4.69) is 20.3 Å².